The Hall–Kier alpha value is -0.880. The summed E-state index contributed by atoms with van der Waals surface area (Å²) in [6.45, 7) is 0.297. The Morgan fingerprint density at radius 1 is 1.36 bits per heavy atom. The molecule has 0 aromatic carbocycles. The van der Waals surface area contributed by atoms with Gasteiger partial charge in [-0.2, -0.15) is 17.6 Å². The standard InChI is InChI=1S/C7H9F5O2/c1-4(8)7(11,12)6(9,10)3-5(13)14-2/h4H,3H2,1-2H3. The summed E-state index contributed by atoms with van der Waals surface area (Å²) in [4.78, 5) is 10.3. The van der Waals surface area contributed by atoms with Crippen LogP contribution in [0.4, 0.5) is 22.0 Å². The van der Waals surface area contributed by atoms with E-state index in [1.165, 1.54) is 0 Å². The third-order valence-electron chi connectivity index (χ3n) is 1.58. The molecule has 7 heteroatoms. The van der Waals surface area contributed by atoms with Crippen molar-refractivity contribution in [1.29, 1.82) is 0 Å². The zero-order valence-corrected chi connectivity index (χ0v) is 7.49. The van der Waals surface area contributed by atoms with Crippen molar-refractivity contribution < 1.29 is 31.5 Å². The van der Waals surface area contributed by atoms with Crippen LogP contribution in [0.3, 0.4) is 0 Å². The molecule has 0 rings (SSSR count). The molecule has 0 aliphatic heterocycles. The van der Waals surface area contributed by atoms with Gasteiger partial charge in [-0.3, -0.25) is 4.79 Å². The molecule has 0 radical (unpaired) electrons. The number of carbonyl (C=O) groups excluding carboxylic acids is 1. The predicted molar refractivity (Wildman–Crippen MR) is 37.1 cm³/mol. The van der Waals surface area contributed by atoms with Crippen LogP contribution < -0.4 is 0 Å². The van der Waals surface area contributed by atoms with Crippen molar-refractivity contribution in [3.63, 3.8) is 0 Å². The highest BCUT2D eigenvalue weighted by molar-refractivity contribution is 5.70. The molecule has 1 unspecified atom stereocenters. The minimum Gasteiger partial charge on any atom is -0.469 e. The lowest BCUT2D eigenvalue weighted by atomic mass is 10.1. The van der Waals surface area contributed by atoms with Crippen molar-refractivity contribution in [2.24, 2.45) is 0 Å². The number of alkyl halides is 5. The number of hydrogen-bond donors (Lipinski definition) is 0. The topological polar surface area (TPSA) is 26.3 Å². The largest absolute Gasteiger partial charge is 0.469 e. The zero-order valence-electron chi connectivity index (χ0n) is 7.49. The van der Waals surface area contributed by atoms with Gasteiger partial charge in [0.25, 0.3) is 0 Å². The molecule has 2 nitrogen and oxygen atoms in total. The highest BCUT2D eigenvalue weighted by Crippen LogP contribution is 2.40. The van der Waals surface area contributed by atoms with E-state index in [0.717, 1.165) is 7.11 Å². The first-order chi connectivity index (χ1) is 6.15. The molecule has 1 atom stereocenters. The van der Waals surface area contributed by atoms with Gasteiger partial charge in [0.2, 0.25) is 0 Å². The number of rotatable bonds is 4. The average molecular weight is 220 g/mol. The Labute approximate surface area is 77.0 Å². The van der Waals surface area contributed by atoms with Gasteiger partial charge in [0.05, 0.1) is 7.11 Å². The molecule has 0 heterocycles. The van der Waals surface area contributed by atoms with Crippen LogP contribution in [0.25, 0.3) is 0 Å². The quantitative estimate of drug-likeness (QED) is 0.536. The normalized spacial score (nSPS) is 15.1. The van der Waals surface area contributed by atoms with Crippen LogP contribution in [0.5, 0.6) is 0 Å². The summed E-state index contributed by atoms with van der Waals surface area (Å²) in [7, 11) is 0.773. The van der Waals surface area contributed by atoms with Crippen LogP contribution in [0.15, 0.2) is 0 Å². The summed E-state index contributed by atoms with van der Waals surface area (Å²) in [6.07, 6.45) is -4.88. The Morgan fingerprint density at radius 2 is 1.79 bits per heavy atom. The molecule has 0 saturated heterocycles. The molecule has 84 valence electrons. The van der Waals surface area contributed by atoms with Gasteiger partial charge >= 0.3 is 17.8 Å². The van der Waals surface area contributed by atoms with Gasteiger partial charge in [-0.15, -0.1) is 0 Å². The summed E-state index contributed by atoms with van der Waals surface area (Å²) in [6, 6.07) is 0. The zero-order chi connectivity index (χ0) is 11.6. The van der Waals surface area contributed by atoms with Gasteiger partial charge in [0.1, 0.15) is 6.42 Å². The molecule has 14 heavy (non-hydrogen) atoms. The Morgan fingerprint density at radius 3 is 2.07 bits per heavy atom. The molecular formula is C7H9F5O2. The molecule has 0 aliphatic rings. The lowest BCUT2D eigenvalue weighted by Crippen LogP contribution is -2.48. The van der Waals surface area contributed by atoms with Crippen molar-refractivity contribution in [2.75, 3.05) is 7.11 Å². The molecule has 0 aromatic heterocycles. The maximum absolute atomic E-state index is 12.6. The van der Waals surface area contributed by atoms with E-state index in [9.17, 15) is 26.7 Å². The number of methoxy groups -OCH3 is 1. The second-order valence-electron chi connectivity index (χ2n) is 2.70. The first-order valence-electron chi connectivity index (χ1n) is 3.61. The number of carbonyl (C=O) groups is 1. The predicted octanol–water partition coefficient (Wildman–Crippen LogP) is 2.18. The van der Waals surface area contributed by atoms with Crippen molar-refractivity contribution in [1.82, 2.24) is 0 Å². The lowest BCUT2D eigenvalue weighted by molar-refractivity contribution is -0.239. The molecule has 0 fully saturated rings. The average Bonchev–Trinajstić information content (AvgIpc) is 2.02. The van der Waals surface area contributed by atoms with Crippen molar-refractivity contribution in [2.45, 2.75) is 31.4 Å². The van der Waals surface area contributed by atoms with Crippen molar-refractivity contribution >= 4 is 5.97 Å². The third-order valence-corrected chi connectivity index (χ3v) is 1.58. The number of esters is 1. The Balaban J connectivity index is 4.68. The van der Waals surface area contributed by atoms with Crippen LogP contribution >= 0.6 is 0 Å². The van der Waals surface area contributed by atoms with Gasteiger partial charge in [-0.1, -0.05) is 0 Å². The van der Waals surface area contributed by atoms with E-state index < -0.39 is 30.4 Å². The van der Waals surface area contributed by atoms with E-state index in [-0.39, 0.29) is 0 Å². The third kappa shape index (κ3) is 2.55. The number of halogens is 5. The highest BCUT2D eigenvalue weighted by atomic mass is 19.3. The first-order valence-corrected chi connectivity index (χ1v) is 3.61. The van der Waals surface area contributed by atoms with Crippen LogP contribution in [0, 0.1) is 0 Å². The maximum Gasteiger partial charge on any atom is 0.340 e. The number of ether oxygens (including phenoxy) is 1. The van der Waals surface area contributed by atoms with Crippen molar-refractivity contribution in [3.05, 3.63) is 0 Å². The molecule has 0 spiro atoms. The van der Waals surface area contributed by atoms with E-state index in [1.54, 1.807) is 0 Å². The molecule has 0 N–H and O–H groups in total. The minimum atomic E-state index is -4.87. The fourth-order valence-corrected chi connectivity index (χ4v) is 0.662. The van der Waals surface area contributed by atoms with E-state index in [2.05, 4.69) is 4.74 Å². The lowest BCUT2D eigenvalue weighted by Gasteiger charge is -2.26. The van der Waals surface area contributed by atoms with Gasteiger partial charge in [-0.25, -0.2) is 4.39 Å². The Bertz CT molecular complexity index is 214. The van der Waals surface area contributed by atoms with E-state index in [1.807, 2.05) is 0 Å². The second kappa shape index (κ2) is 4.10. The first kappa shape index (κ1) is 13.1. The summed E-state index contributed by atoms with van der Waals surface area (Å²) >= 11 is 0. The highest BCUT2D eigenvalue weighted by Gasteiger charge is 2.61. The molecular weight excluding hydrogens is 211 g/mol. The maximum atomic E-state index is 12.6. The van der Waals surface area contributed by atoms with E-state index in [4.69, 9.17) is 0 Å². The molecule has 0 bridgehead atoms. The van der Waals surface area contributed by atoms with Gasteiger partial charge in [0, 0.05) is 0 Å². The van der Waals surface area contributed by atoms with Crippen LogP contribution in [0.1, 0.15) is 13.3 Å². The Kier molecular flexibility index (Phi) is 3.84. The summed E-state index contributed by atoms with van der Waals surface area (Å²) in [5, 5.41) is 0. The molecule has 0 aliphatic carbocycles. The minimum absolute atomic E-state index is 0.297. The fourth-order valence-electron chi connectivity index (χ4n) is 0.662. The van der Waals surface area contributed by atoms with E-state index >= 15 is 0 Å². The van der Waals surface area contributed by atoms with Gasteiger partial charge < -0.3 is 4.74 Å². The summed E-state index contributed by atoms with van der Waals surface area (Å²) < 4.78 is 66.1. The van der Waals surface area contributed by atoms with Crippen LogP contribution in [0.2, 0.25) is 0 Å². The fraction of sp³-hybridized carbons (Fsp3) is 0.857. The van der Waals surface area contributed by atoms with Crippen molar-refractivity contribution in [3.8, 4) is 0 Å². The second-order valence-corrected chi connectivity index (χ2v) is 2.70. The molecule has 0 aromatic rings. The van der Waals surface area contributed by atoms with Gasteiger partial charge in [0.15, 0.2) is 6.17 Å². The monoisotopic (exact) mass is 220 g/mol. The smallest absolute Gasteiger partial charge is 0.340 e. The SMILES string of the molecule is COC(=O)CC(F)(F)C(F)(F)C(C)F. The van der Waals surface area contributed by atoms with E-state index in [0.29, 0.717) is 6.92 Å². The van der Waals surface area contributed by atoms with Crippen LogP contribution in [-0.2, 0) is 9.53 Å². The molecule has 0 amide bonds. The number of hydrogen-bond acceptors (Lipinski definition) is 2. The molecule has 0 saturated carbocycles. The summed E-state index contributed by atoms with van der Waals surface area (Å²) in [5.74, 6) is -11.1. The summed E-state index contributed by atoms with van der Waals surface area (Å²) in [5.41, 5.74) is 0. The van der Waals surface area contributed by atoms with Gasteiger partial charge in [-0.05, 0) is 6.92 Å². The van der Waals surface area contributed by atoms with Crippen LogP contribution in [-0.4, -0.2) is 31.1 Å².